The zero-order chi connectivity index (χ0) is 11.6. The van der Waals surface area contributed by atoms with Gasteiger partial charge in [-0.25, -0.2) is 0 Å². The van der Waals surface area contributed by atoms with Gasteiger partial charge in [-0.1, -0.05) is 0 Å². The molecule has 16 heavy (non-hydrogen) atoms. The molecule has 0 aliphatic carbocycles. The van der Waals surface area contributed by atoms with Gasteiger partial charge in [-0.05, 0) is 38.2 Å². The predicted octanol–water partition coefficient (Wildman–Crippen LogP) is 1.32. The fourth-order valence-electron chi connectivity index (χ4n) is 3.07. The van der Waals surface area contributed by atoms with Crippen LogP contribution in [-0.4, -0.2) is 53.8 Å². The van der Waals surface area contributed by atoms with E-state index in [0.717, 1.165) is 26.3 Å². The molecule has 2 aliphatic heterocycles. The molecule has 0 spiro atoms. The Morgan fingerprint density at radius 1 is 1.31 bits per heavy atom. The van der Waals surface area contributed by atoms with Crippen LogP contribution >= 0.6 is 11.8 Å². The van der Waals surface area contributed by atoms with Gasteiger partial charge in [-0.2, -0.15) is 11.8 Å². The SMILES string of the molecule is CC1(C)COCCN1C1(CN)CCSCC1. The molecular formula is C12H24N2OS. The molecule has 4 heteroatoms. The third kappa shape index (κ3) is 2.26. The number of nitrogens with two attached hydrogens (primary N) is 1. The molecule has 0 aromatic rings. The fourth-order valence-corrected chi connectivity index (χ4v) is 4.33. The average molecular weight is 244 g/mol. The molecule has 0 atom stereocenters. The second-order valence-electron chi connectivity index (χ2n) is 5.56. The van der Waals surface area contributed by atoms with Crippen molar-refractivity contribution in [2.75, 3.05) is 37.8 Å². The first kappa shape index (κ1) is 12.7. The van der Waals surface area contributed by atoms with Gasteiger partial charge in [0.05, 0.1) is 13.2 Å². The van der Waals surface area contributed by atoms with Crippen LogP contribution in [0.3, 0.4) is 0 Å². The summed E-state index contributed by atoms with van der Waals surface area (Å²) in [5.74, 6) is 2.51. The van der Waals surface area contributed by atoms with Gasteiger partial charge in [-0.15, -0.1) is 0 Å². The van der Waals surface area contributed by atoms with Crippen molar-refractivity contribution in [3.8, 4) is 0 Å². The average Bonchev–Trinajstić information content (AvgIpc) is 2.29. The largest absolute Gasteiger partial charge is 0.378 e. The highest BCUT2D eigenvalue weighted by atomic mass is 32.2. The van der Waals surface area contributed by atoms with Gasteiger partial charge in [0, 0.05) is 24.2 Å². The highest BCUT2D eigenvalue weighted by molar-refractivity contribution is 7.99. The zero-order valence-electron chi connectivity index (χ0n) is 10.5. The van der Waals surface area contributed by atoms with E-state index in [1.165, 1.54) is 24.3 Å². The Kier molecular flexibility index (Phi) is 3.84. The minimum absolute atomic E-state index is 0.139. The van der Waals surface area contributed by atoms with E-state index in [1.807, 2.05) is 0 Å². The van der Waals surface area contributed by atoms with Gasteiger partial charge in [0.15, 0.2) is 0 Å². The number of hydrogen-bond acceptors (Lipinski definition) is 4. The summed E-state index contributed by atoms with van der Waals surface area (Å²) in [6.45, 7) is 8.09. The standard InChI is InChI=1S/C12H24N2OS/c1-11(2)10-15-6-5-14(11)12(9-13)3-7-16-8-4-12/h3-10,13H2,1-2H3. The maximum atomic E-state index is 6.10. The summed E-state index contributed by atoms with van der Waals surface area (Å²) in [7, 11) is 0. The zero-order valence-corrected chi connectivity index (χ0v) is 11.3. The topological polar surface area (TPSA) is 38.5 Å². The van der Waals surface area contributed by atoms with Crippen molar-refractivity contribution < 1.29 is 4.74 Å². The highest BCUT2D eigenvalue weighted by Gasteiger charge is 2.45. The van der Waals surface area contributed by atoms with Crippen LogP contribution in [0.1, 0.15) is 26.7 Å². The summed E-state index contributed by atoms with van der Waals surface area (Å²) in [5.41, 5.74) is 6.47. The van der Waals surface area contributed by atoms with Crippen molar-refractivity contribution in [3.63, 3.8) is 0 Å². The molecule has 0 bridgehead atoms. The van der Waals surface area contributed by atoms with E-state index >= 15 is 0 Å². The van der Waals surface area contributed by atoms with Gasteiger partial charge < -0.3 is 10.5 Å². The normalized spacial score (nSPS) is 30.2. The molecule has 2 rings (SSSR count). The smallest absolute Gasteiger partial charge is 0.0645 e. The molecular weight excluding hydrogens is 220 g/mol. The number of rotatable bonds is 2. The third-order valence-electron chi connectivity index (χ3n) is 4.02. The summed E-state index contributed by atoms with van der Waals surface area (Å²) in [4.78, 5) is 2.63. The molecule has 0 aromatic carbocycles. The summed E-state index contributed by atoms with van der Waals surface area (Å²) in [5, 5.41) is 0. The van der Waals surface area contributed by atoms with Crippen LogP contribution in [0.15, 0.2) is 0 Å². The van der Waals surface area contributed by atoms with Crippen molar-refractivity contribution in [1.29, 1.82) is 0 Å². The summed E-state index contributed by atoms with van der Waals surface area (Å²) in [6, 6.07) is 0. The minimum Gasteiger partial charge on any atom is -0.378 e. The Bertz CT molecular complexity index is 239. The highest BCUT2D eigenvalue weighted by Crippen LogP contribution is 2.37. The maximum Gasteiger partial charge on any atom is 0.0645 e. The van der Waals surface area contributed by atoms with Crippen molar-refractivity contribution in [3.05, 3.63) is 0 Å². The monoisotopic (exact) mass is 244 g/mol. The number of morpholine rings is 1. The molecule has 2 N–H and O–H groups in total. The molecule has 94 valence electrons. The fraction of sp³-hybridized carbons (Fsp3) is 1.00. The predicted molar refractivity (Wildman–Crippen MR) is 69.9 cm³/mol. The van der Waals surface area contributed by atoms with E-state index in [4.69, 9.17) is 10.5 Å². The number of hydrogen-bond donors (Lipinski definition) is 1. The van der Waals surface area contributed by atoms with Crippen LogP contribution in [0.25, 0.3) is 0 Å². The van der Waals surface area contributed by atoms with Gasteiger partial charge in [-0.3, -0.25) is 4.90 Å². The molecule has 0 radical (unpaired) electrons. The van der Waals surface area contributed by atoms with Crippen LogP contribution < -0.4 is 5.73 Å². The first-order valence-corrected chi connectivity index (χ1v) is 7.40. The Morgan fingerprint density at radius 3 is 2.56 bits per heavy atom. The van der Waals surface area contributed by atoms with E-state index in [0.29, 0.717) is 0 Å². The van der Waals surface area contributed by atoms with Crippen LogP contribution in [0.2, 0.25) is 0 Å². The number of nitrogens with zero attached hydrogens (tertiary/aromatic N) is 1. The van der Waals surface area contributed by atoms with E-state index in [9.17, 15) is 0 Å². The summed E-state index contributed by atoms with van der Waals surface area (Å²) >= 11 is 2.06. The molecule has 3 nitrogen and oxygen atoms in total. The summed E-state index contributed by atoms with van der Waals surface area (Å²) < 4.78 is 5.61. The van der Waals surface area contributed by atoms with Crippen LogP contribution in [-0.2, 0) is 4.74 Å². The van der Waals surface area contributed by atoms with Crippen molar-refractivity contribution in [2.24, 2.45) is 5.73 Å². The Balaban J connectivity index is 2.18. The lowest BCUT2D eigenvalue weighted by Crippen LogP contribution is -2.66. The van der Waals surface area contributed by atoms with Crippen LogP contribution in [0, 0.1) is 0 Å². The van der Waals surface area contributed by atoms with E-state index in [1.54, 1.807) is 0 Å². The molecule has 0 amide bonds. The number of ether oxygens (including phenoxy) is 1. The lowest BCUT2D eigenvalue weighted by Gasteiger charge is -2.55. The van der Waals surface area contributed by atoms with Gasteiger partial charge >= 0.3 is 0 Å². The van der Waals surface area contributed by atoms with E-state index < -0.39 is 0 Å². The Morgan fingerprint density at radius 2 is 2.00 bits per heavy atom. The lowest BCUT2D eigenvalue weighted by molar-refractivity contribution is -0.106. The van der Waals surface area contributed by atoms with Crippen LogP contribution in [0.4, 0.5) is 0 Å². The number of thioether (sulfide) groups is 1. The van der Waals surface area contributed by atoms with Crippen molar-refractivity contribution in [1.82, 2.24) is 4.90 Å². The quantitative estimate of drug-likeness (QED) is 0.795. The molecule has 0 saturated carbocycles. The molecule has 2 fully saturated rings. The molecule has 2 saturated heterocycles. The van der Waals surface area contributed by atoms with Gasteiger partial charge in [0.1, 0.15) is 0 Å². The van der Waals surface area contributed by atoms with Crippen LogP contribution in [0.5, 0.6) is 0 Å². The van der Waals surface area contributed by atoms with E-state index in [2.05, 4.69) is 30.5 Å². The summed E-state index contributed by atoms with van der Waals surface area (Å²) in [6.07, 6.45) is 2.47. The van der Waals surface area contributed by atoms with Crippen molar-refractivity contribution in [2.45, 2.75) is 37.8 Å². The molecule has 0 aromatic heterocycles. The molecule has 2 aliphatic rings. The molecule has 2 heterocycles. The Labute approximate surface area is 103 Å². The first-order chi connectivity index (χ1) is 7.61. The third-order valence-corrected chi connectivity index (χ3v) is 5.01. The second kappa shape index (κ2) is 4.84. The van der Waals surface area contributed by atoms with Gasteiger partial charge in [0.25, 0.3) is 0 Å². The second-order valence-corrected chi connectivity index (χ2v) is 6.78. The minimum atomic E-state index is 0.139. The van der Waals surface area contributed by atoms with Gasteiger partial charge in [0.2, 0.25) is 0 Å². The first-order valence-electron chi connectivity index (χ1n) is 6.24. The maximum absolute atomic E-state index is 6.10. The van der Waals surface area contributed by atoms with Crippen molar-refractivity contribution >= 4 is 11.8 Å². The molecule has 0 unspecified atom stereocenters. The Hall–Kier alpha value is 0.230. The van der Waals surface area contributed by atoms with E-state index in [-0.39, 0.29) is 11.1 Å². The lowest BCUT2D eigenvalue weighted by atomic mass is 9.84.